The number of methoxy groups -OCH3 is 1. The van der Waals surface area contributed by atoms with Crippen LogP contribution in [0, 0.1) is 0 Å². The first kappa shape index (κ1) is 12.5. The number of nitrogens with one attached hydrogen (secondary N) is 2. The van der Waals surface area contributed by atoms with Gasteiger partial charge in [-0.1, -0.05) is 30.3 Å². The Bertz CT molecular complexity index is 311. The number of hydrogen-bond acceptors (Lipinski definition) is 2. The smallest absolute Gasteiger partial charge is 0.191 e. The highest BCUT2D eigenvalue weighted by molar-refractivity contribution is 5.79. The van der Waals surface area contributed by atoms with Crippen LogP contribution in [-0.2, 0) is 11.3 Å². The molecular formula is C12H19N3O. The summed E-state index contributed by atoms with van der Waals surface area (Å²) in [6.07, 6.45) is 0. The third-order valence-electron chi connectivity index (χ3n) is 2.13. The van der Waals surface area contributed by atoms with Crippen LogP contribution in [0.5, 0.6) is 0 Å². The summed E-state index contributed by atoms with van der Waals surface area (Å²) < 4.78 is 4.95. The van der Waals surface area contributed by atoms with Gasteiger partial charge in [-0.2, -0.15) is 0 Å². The van der Waals surface area contributed by atoms with Gasteiger partial charge in [0.25, 0.3) is 0 Å². The van der Waals surface area contributed by atoms with Crippen molar-refractivity contribution < 1.29 is 4.74 Å². The molecule has 0 saturated heterocycles. The summed E-state index contributed by atoms with van der Waals surface area (Å²) in [7, 11) is 3.44. The lowest BCUT2D eigenvalue weighted by molar-refractivity contribution is 0.203. The Balaban J connectivity index is 2.29. The summed E-state index contributed by atoms with van der Waals surface area (Å²) in [5.41, 5.74) is 1.23. The Hall–Kier alpha value is -1.55. The summed E-state index contributed by atoms with van der Waals surface area (Å²) in [6.45, 7) is 2.20. The van der Waals surface area contributed by atoms with E-state index < -0.39 is 0 Å². The Morgan fingerprint density at radius 1 is 1.25 bits per heavy atom. The predicted octanol–water partition coefficient (Wildman–Crippen LogP) is 0.998. The number of hydrogen-bond donors (Lipinski definition) is 2. The van der Waals surface area contributed by atoms with Gasteiger partial charge in [0.2, 0.25) is 0 Å². The van der Waals surface area contributed by atoms with Gasteiger partial charge in [0.05, 0.1) is 6.61 Å². The van der Waals surface area contributed by atoms with Gasteiger partial charge < -0.3 is 15.4 Å². The first-order valence-electron chi connectivity index (χ1n) is 5.34. The lowest BCUT2D eigenvalue weighted by Gasteiger charge is -2.11. The highest BCUT2D eigenvalue weighted by Crippen LogP contribution is 1.96. The second-order valence-corrected chi connectivity index (χ2v) is 3.33. The Morgan fingerprint density at radius 3 is 2.62 bits per heavy atom. The van der Waals surface area contributed by atoms with Crippen molar-refractivity contribution >= 4 is 5.96 Å². The van der Waals surface area contributed by atoms with Crippen LogP contribution in [0.3, 0.4) is 0 Å². The summed E-state index contributed by atoms with van der Waals surface area (Å²) >= 11 is 0. The minimum atomic E-state index is 0.673. The molecule has 0 fully saturated rings. The van der Waals surface area contributed by atoms with Crippen molar-refractivity contribution in [3.05, 3.63) is 35.9 Å². The quantitative estimate of drug-likeness (QED) is 0.443. The van der Waals surface area contributed by atoms with Gasteiger partial charge in [-0.15, -0.1) is 0 Å². The van der Waals surface area contributed by atoms with Crippen LogP contribution in [0.25, 0.3) is 0 Å². The fourth-order valence-electron chi connectivity index (χ4n) is 1.27. The topological polar surface area (TPSA) is 45.7 Å². The molecule has 0 unspecified atom stereocenters. The maximum Gasteiger partial charge on any atom is 0.191 e. The monoisotopic (exact) mass is 221 g/mol. The molecule has 0 atom stereocenters. The van der Waals surface area contributed by atoms with Crippen LogP contribution in [0.1, 0.15) is 5.56 Å². The standard InChI is InChI=1S/C12H19N3O/c1-13-12(14-8-9-16-2)15-10-11-6-4-3-5-7-11/h3-7H,8-10H2,1-2H3,(H2,13,14,15). The number of ether oxygens (including phenoxy) is 1. The van der Waals surface area contributed by atoms with E-state index in [0.29, 0.717) is 6.61 Å². The number of guanidine groups is 1. The zero-order valence-corrected chi connectivity index (χ0v) is 9.86. The summed E-state index contributed by atoms with van der Waals surface area (Å²) in [5, 5.41) is 6.38. The first-order valence-corrected chi connectivity index (χ1v) is 5.34. The molecule has 0 amide bonds. The number of benzene rings is 1. The Labute approximate surface area is 96.7 Å². The van der Waals surface area contributed by atoms with E-state index in [1.54, 1.807) is 14.2 Å². The minimum absolute atomic E-state index is 0.673. The van der Waals surface area contributed by atoms with E-state index in [4.69, 9.17) is 4.74 Å². The van der Waals surface area contributed by atoms with Gasteiger partial charge in [-0.3, -0.25) is 4.99 Å². The van der Waals surface area contributed by atoms with Crippen molar-refractivity contribution in [2.45, 2.75) is 6.54 Å². The zero-order valence-electron chi connectivity index (χ0n) is 9.86. The predicted molar refractivity (Wildman–Crippen MR) is 66.5 cm³/mol. The SMILES string of the molecule is CN=C(NCCOC)NCc1ccccc1. The largest absolute Gasteiger partial charge is 0.383 e. The lowest BCUT2D eigenvalue weighted by atomic mass is 10.2. The molecule has 1 aromatic carbocycles. The van der Waals surface area contributed by atoms with E-state index in [2.05, 4.69) is 27.8 Å². The number of aliphatic imine (C=N–C) groups is 1. The maximum absolute atomic E-state index is 4.95. The van der Waals surface area contributed by atoms with E-state index in [1.807, 2.05) is 18.2 Å². The Morgan fingerprint density at radius 2 is 2.00 bits per heavy atom. The average molecular weight is 221 g/mol. The molecule has 1 rings (SSSR count). The third-order valence-corrected chi connectivity index (χ3v) is 2.13. The van der Waals surface area contributed by atoms with Crippen molar-refractivity contribution in [1.29, 1.82) is 0 Å². The molecule has 16 heavy (non-hydrogen) atoms. The first-order chi connectivity index (χ1) is 7.86. The fraction of sp³-hybridized carbons (Fsp3) is 0.417. The van der Waals surface area contributed by atoms with Crippen LogP contribution in [0.4, 0.5) is 0 Å². The highest BCUT2D eigenvalue weighted by Gasteiger charge is 1.96. The molecule has 88 valence electrons. The van der Waals surface area contributed by atoms with Crippen LogP contribution in [-0.4, -0.2) is 33.3 Å². The van der Waals surface area contributed by atoms with Gasteiger partial charge in [-0.25, -0.2) is 0 Å². The third kappa shape index (κ3) is 4.79. The van der Waals surface area contributed by atoms with E-state index in [1.165, 1.54) is 5.56 Å². The molecular weight excluding hydrogens is 202 g/mol. The molecule has 0 bridgehead atoms. The van der Waals surface area contributed by atoms with Crippen LogP contribution >= 0.6 is 0 Å². The lowest BCUT2D eigenvalue weighted by Crippen LogP contribution is -2.38. The van der Waals surface area contributed by atoms with Crippen LogP contribution < -0.4 is 10.6 Å². The van der Waals surface area contributed by atoms with Gasteiger partial charge >= 0.3 is 0 Å². The molecule has 0 aliphatic carbocycles. The van der Waals surface area contributed by atoms with Crippen molar-refractivity contribution in [1.82, 2.24) is 10.6 Å². The van der Waals surface area contributed by atoms with Gasteiger partial charge in [0.15, 0.2) is 5.96 Å². The van der Waals surface area contributed by atoms with Crippen molar-refractivity contribution in [3.8, 4) is 0 Å². The van der Waals surface area contributed by atoms with Gasteiger partial charge in [0.1, 0.15) is 0 Å². The second-order valence-electron chi connectivity index (χ2n) is 3.33. The average Bonchev–Trinajstić information content (AvgIpc) is 2.35. The molecule has 0 aliphatic rings. The number of rotatable bonds is 5. The highest BCUT2D eigenvalue weighted by atomic mass is 16.5. The van der Waals surface area contributed by atoms with E-state index in [9.17, 15) is 0 Å². The zero-order chi connectivity index (χ0) is 11.6. The molecule has 0 aliphatic heterocycles. The molecule has 2 N–H and O–H groups in total. The summed E-state index contributed by atoms with van der Waals surface area (Å²) in [4.78, 5) is 4.11. The Kier molecular flexibility index (Phi) is 6.03. The molecule has 4 nitrogen and oxygen atoms in total. The fourth-order valence-corrected chi connectivity index (χ4v) is 1.27. The summed E-state index contributed by atoms with van der Waals surface area (Å²) in [5.74, 6) is 0.793. The van der Waals surface area contributed by atoms with Crippen molar-refractivity contribution in [2.24, 2.45) is 4.99 Å². The maximum atomic E-state index is 4.95. The molecule has 0 heterocycles. The minimum Gasteiger partial charge on any atom is -0.383 e. The summed E-state index contributed by atoms with van der Waals surface area (Å²) in [6, 6.07) is 10.2. The van der Waals surface area contributed by atoms with Gasteiger partial charge in [-0.05, 0) is 5.56 Å². The van der Waals surface area contributed by atoms with Crippen LogP contribution in [0.2, 0.25) is 0 Å². The molecule has 0 radical (unpaired) electrons. The molecule has 0 saturated carbocycles. The molecule has 0 aromatic heterocycles. The van der Waals surface area contributed by atoms with Gasteiger partial charge in [0, 0.05) is 27.2 Å². The van der Waals surface area contributed by atoms with E-state index in [0.717, 1.165) is 19.0 Å². The van der Waals surface area contributed by atoms with Crippen LogP contribution in [0.15, 0.2) is 35.3 Å². The second kappa shape index (κ2) is 7.70. The van der Waals surface area contributed by atoms with E-state index in [-0.39, 0.29) is 0 Å². The van der Waals surface area contributed by atoms with Crippen molar-refractivity contribution in [2.75, 3.05) is 27.3 Å². The number of nitrogens with zero attached hydrogens (tertiary/aromatic N) is 1. The van der Waals surface area contributed by atoms with E-state index >= 15 is 0 Å². The normalized spacial score (nSPS) is 11.2. The molecule has 0 spiro atoms. The molecule has 1 aromatic rings. The molecule has 4 heteroatoms. The van der Waals surface area contributed by atoms with Crippen molar-refractivity contribution in [3.63, 3.8) is 0 Å².